The molecule has 27 heavy (non-hydrogen) atoms. The van der Waals surface area contributed by atoms with Gasteiger partial charge in [-0.1, -0.05) is 51.8 Å². The van der Waals surface area contributed by atoms with Crippen molar-refractivity contribution in [2.45, 2.75) is 59.4 Å². The lowest BCUT2D eigenvalue weighted by Gasteiger charge is -2.14. The van der Waals surface area contributed by atoms with E-state index in [2.05, 4.69) is 22.9 Å². The van der Waals surface area contributed by atoms with Crippen LogP contribution in [0, 0.1) is 5.92 Å². The van der Waals surface area contributed by atoms with E-state index in [9.17, 15) is 14.4 Å². The Morgan fingerprint density at radius 3 is 2.33 bits per heavy atom. The van der Waals surface area contributed by atoms with Gasteiger partial charge in [0.15, 0.2) is 5.69 Å². The lowest BCUT2D eigenvalue weighted by molar-refractivity contribution is -0.126. The van der Waals surface area contributed by atoms with Crippen LogP contribution in [0.2, 0.25) is 0 Å². The molecule has 146 valence electrons. The monoisotopic (exact) mass is 372 g/mol. The molecular weight excluding hydrogens is 344 g/mol. The van der Waals surface area contributed by atoms with Crippen molar-refractivity contribution in [1.82, 2.24) is 20.6 Å². The van der Waals surface area contributed by atoms with E-state index in [4.69, 9.17) is 0 Å². The summed E-state index contributed by atoms with van der Waals surface area (Å²) in [4.78, 5) is 37.4. The Labute approximate surface area is 159 Å². The van der Waals surface area contributed by atoms with Crippen molar-refractivity contribution in [2.75, 3.05) is 0 Å². The maximum absolute atomic E-state index is 12.7. The zero-order valence-electron chi connectivity index (χ0n) is 16.2. The summed E-state index contributed by atoms with van der Waals surface area (Å²) in [5.74, 6) is -0.915. The number of amides is 2. The van der Waals surface area contributed by atoms with E-state index < -0.39 is 5.91 Å². The van der Waals surface area contributed by atoms with Gasteiger partial charge in [-0.2, -0.15) is 5.10 Å². The smallest absolute Gasteiger partial charge is 0.273 e. The van der Waals surface area contributed by atoms with Crippen molar-refractivity contribution in [1.29, 1.82) is 0 Å². The molecule has 0 aliphatic carbocycles. The van der Waals surface area contributed by atoms with E-state index in [0.717, 1.165) is 19.3 Å². The Balaban J connectivity index is 2.30. The first-order valence-electron chi connectivity index (χ1n) is 9.63. The number of aryl methyl sites for hydroxylation is 1. The molecule has 2 aromatic rings. The number of rotatable bonds is 8. The molecule has 0 aliphatic rings. The molecule has 1 aromatic carbocycles. The van der Waals surface area contributed by atoms with Crippen LogP contribution in [-0.2, 0) is 11.3 Å². The molecule has 2 N–H and O–H groups in total. The minimum absolute atomic E-state index is 0.131. The molecule has 0 fully saturated rings. The summed E-state index contributed by atoms with van der Waals surface area (Å²) < 4.78 is 1.34. The molecule has 0 radical (unpaired) electrons. The third-order valence-electron chi connectivity index (χ3n) is 4.71. The van der Waals surface area contributed by atoms with Crippen molar-refractivity contribution in [3.05, 3.63) is 40.3 Å². The van der Waals surface area contributed by atoms with Crippen molar-refractivity contribution in [2.24, 2.45) is 5.92 Å². The molecule has 1 heterocycles. The Hall–Kier alpha value is -2.70. The van der Waals surface area contributed by atoms with Gasteiger partial charge in [0, 0.05) is 17.8 Å². The maximum Gasteiger partial charge on any atom is 0.290 e. The number of carbonyl (C=O) groups excluding carboxylic acids is 2. The number of hydrogen-bond acceptors (Lipinski definition) is 4. The number of nitrogens with zero attached hydrogens (tertiary/aromatic N) is 2. The molecule has 0 saturated carbocycles. The van der Waals surface area contributed by atoms with Gasteiger partial charge in [0.25, 0.3) is 11.5 Å². The normalized spacial score (nSPS) is 11.0. The fraction of sp³-hybridized carbons (Fsp3) is 0.500. The van der Waals surface area contributed by atoms with Crippen LogP contribution in [0.25, 0.3) is 10.8 Å². The number of carbonyl (C=O) groups is 2. The summed E-state index contributed by atoms with van der Waals surface area (Å²) in [6.45, 7) is 6.39. The van der Waals surface area contributed by atoms with E-state index in [-0.39, 0.29) is 23.1 Å². The Bertz CT molecular complexity index is 856. The number of fused-ring (bicyclic) bond motifs is 1. The minimum atomic E-state index is -0.533. The number of aromatic nitrogens is 2. The number of hydrazine groups is 1. The SMILES string of the molecule is CCCCCn1nc(C(=O)NNC(=O)C(CC)CC)c2ccccc2c1=O. The highest BCUT2D eigenvalue weighted by Crippen LogP contribution is 2.13. The predicted octanol–water partition coefficient (Wildman–Crippen LogP) is 2.78. The van der Waals surface area contributed by atoms with Gasteiger partial charge in [-0.25, -0.2) is 4.68 Å². The number of hydrogen-bond donors (Lipinski definition) is 2. The highest BCUT2D eigenvalue weighted by atomic mass is 16.2. The molecule has 0 atom stereocenters. The molecule has 0 spiro atoms. The van der Waals surface area contributed by atoms with E-state index in [1.165, 1.54) is 4.68 Å². The van der Waals surface area contributed by atoms with Gasteiger partial charge in [0.05, 0.1) is 5.39 Å². The van der Waals surface area contributed by atoms with Gasteiger partial charge in [0.2, 0.25) is 5.91 Å². The highest BCUT2D eigenvalue weighted by molar-refractivity contribution is 6.05. The molecule has 0 bridgehead atoms. The van der Waals surface area contributed by atoms with Gasteiger partial charge in [0.1, 0.15) is 0 Å². The zero-order chi connectivity index (χ0) is 19.8. The van der Waals surface area contributed by atoms with Gasteiger partial charge < -0.3 is 0 Å². The second-order valence-corrected chi connectivity index (χ2v) is 6.59. The number of nitrogens with one attached hydrogen (secondary N) is 2. The standard InChI is InChI=1S/C20H28N4O3/c1-4-7-10-13-24-20(27)16-12-9-8-11-15(16)17(23-24)19(26)22-21-18(25)14(5-2)6-3/h8-9,11-12,14H,4-7,10,13H2,1-3H3,(H,21,25)(H,22,26). The summed E-state index contributed by atoms with van der Waals surface area (Å²) in [5, 5.41) is 5.20. The molecular formula is C20H28N4O3. The topological polar surface area (TPSA) is 93.1 Å². The quantitative estimate of drug-likeness (QED) is 0.550. The lowest BCUT2D eigenvalue weighted by atomic mass is 10.0. The van der Waals surface area contributed by atoms with Gasteiger partial charge in [-0.15, -0.1) is 0 Å². The van der Waals surface area contributed by atoms with E-state index in [1.54, 1.807) is 24.3 Å². The first kappa shape index (κ1) is 20.6. The average Bonchev–Trinajstić information content (AvgIpc) is 2.69. The van der Waals surface area contributed by atoms with Crippen LogP contribution >= 0.6 is 0 Å². The lowest BCUT2D eigenvalue weighted by Crippen LogP contribution is -2.45. The molecule has 0 aliphatic heterocycles. The summed E-state index contributed by atoms with van der Waals surface area (Å²) in [5.41, 5.74) is 4.83. The van der Waals surface area contributed by atoms with Gasteiger partial charge in [-0.05, 0) is 25.3 Å². The van der Waals surface area contributed by atoms with Crippen LogP contribution < -0.4 is 16.4 Å². The predicted molar refractivity (Wildman–Crippen MR) is 105 cm³/mol. The largest absolute Gasteiger partial charge is 0.290 e. The van der Waals surface area contributed by atoms with E-state index in [1.807, 2.05) is 13.8 Å². The fourth-order valence-corrected chi connectivity index (χ4v) is 3.01. The van der Waals surface area contributed by atoms with Crippen molar-refractivity contribution < 1.29 is 9.59 Å². The van der Waals surface area contributed by atoms with E-state index >= 15 is 0 Å². The van der Waals surface area contributed by atoms with Crippen molar-refractivity contribution in [3.8, 4) is 0 Å². The zero-order valence-corrected chi connectivity index (χ0v) is 16.2. The third-order valence-corrected chi connectivity index (χ3v) is 4.71. The molecule has 2 rings (SSSR count). The van der Waals surface area contributed by atoms with Crippen LogP contribution in [0.3, 0.4) is 0 Å². The summed E-state index contributed by atoms with van der Waals surface area (Å²) in [7, 11) is 0. The van der Waals surface area contributed by atoms with Gasteiger partial charge >= 0.3 is 0 Å². The summed E-state index contributed by atoms with van der Waals surface area (Å²) in [6, 6.07) is 6.90. The second-order valence-electron chi connectivity index (χ2n) is 6.59. The molecule has 0 saturated heterocycles. The highest BCUT2D eigenvalue weighted by Gasteiger charge is 2.19. The molecule has 2 amide bonds. The fourth-order valence-electron chi connectivity index (χ4n) is 3.01. The Morgan fingerprint density at radius 2 is 1.70 bits per heavy atom. The number of benzene rings is 1. The van der Waals surface area contributed by atoms with E-state index in [0.29, 0.717) is 30.2 Å². The average molecular weight is 372 g/mol. The molecule has 7 heteroatoms. The summed E-state index contributed by atoms with van der Waals surface area (Å²) in [6.07, 6.45) is 4.21. The van der Waals surface area contributed by atoms with Gasteiger partial charge in [-0.3, -0.25) is 25.2 Å². The maximum atomic E-state index is 12.7. The van der Waals surface area contributed by atoms with Crippen LogP contribution in [0.15, 0.2) is 29.1 Å². The minimum Gasteiger partial charge on any atom is -0.273 e. The first-order valence-corrected chi connectivity index (χ1v) is 9.63. The van der Waals surface area contributed by atoms with Crippen molar-refractivity contribution in [3.63, 3.8) is 0 Å². The molecule has 7 nitrogen and oxygen atoms in total. The molecule has 1 aromatic heterocycles. The van der Waals surface area contributed by atoms with Crippen molar-refractivity contribution >= 4 is 22.6 Å². The summed E-state index contributed by atoms with van der Waals surface area (Å²) >= 11 is 0. The van der Waals surface area contributed by atoms with Crippen LogP contribution in [-0.4, -0.2) is 21.6 Å². The first-order chi connectivity index (χ1) is 13.0. The Morgan fingerprint density at radius 1 is 1.04 bits per heavy atom. The molecule has 0 unspecified atom stereocenters. The van der Waals surface area contributed by atoms with Crippen LogP contribution in [0.1, 0.15) is 63.4 Å². The number of unbranched alkanes of at least 4 members (excludes halogenated alkanes) is 2. The second kappa shape index (κ2) is 9.85. The third kappa shape index (κ3) is 4.93. The van der Waals surface area contributed by atoms with Crippen LogP contribution in [0.4, 0.5) is 0 Å². The Kier molecular flexibility index (Phi) is 7.52. The van der Waals surface area contributed by atoms with Crippen LogP contribution in [0.5, 0.6) is 0 Å².